The van der Waals surface area contributed by atoms with Crippen LogP contribution in [0.5, 0.6) is 0 Å². The minimum absolute atomic E-state index is 0.0551. The number of aryl methyl sites for hydroxylation is 1. The van der Waals surface area contributed by atoms with E-state index in [2.05, 4.69) is 24.0 Å². The van der Waals surface area contributed by atoms with E-state index in [1.165, 1.54) is 11.1 Å². The summed E-state index contributed by atoms with van der Waals surface area (Å²) in [6.07, 6.45) is 0. The van der Waals surface area contributed by atoms with Crippen LogP contribution in [0.25, 0.3) is 21.9 Å². The summed E-state index contributed by atoms with van der Waals surface area (Å²) in [6.45, 7) is 3.04. The zero-order valence-electron chi connectivity index (χ0n) is 15.4. The van der Waals surface area contributed by atoms with Gasteiger partial charge in [-0.05, 0) is 24.1 Å². The van der Waals surface area contributed by atoms with Gasteiger partial charge in [-0.2, -0.15) is 0 Å². The Morgan fingerprint density at radius 1 is 1.15 bits per heavy atom. The Morgan fingerprint density at radius 2 is 1.93 bits per heavy atom. The Hall–Kier alpha value is -2.57. The van der Waals surface area contributed by atoms with Crippen LogP contribution in [0.4, 0.5) is 0 Å². The Bertz CT molecular complexity index is 1160. The van der Waals surface area contributed by atoms with E-state index < -0.39 is 0 Å². The first-order valence-electron chi connectivity index (χ1n) is 8.86. The topological polar surface area (TPSA) is 59.9 Å². The van der Waals surface area contributed by atoms with Gasteiger partial charge in [0.05, 0.1) is 13.2 Å². The molecule has 1 N–H and O–H groups in total. The zero-order valence-corrected chi connectivity index (χ0v) is 16.2. The maximum Gasteiger partial charge on any atom is 0.278 e. The average molecular weight is 379 g/mol. The van der Waals surface area contributed by atoms with Crippen LogP contribution in [0.3, 0.4) is 0 Å². The van der Waals surface area contributed by atoms with Gasteiger partial charge >= 0.3 is 0 Å². The number of ether oxygens (including phenoxy) is 1. The molecule has 6 heteroatoms. The fourth-order valence-corrected chi connectivity index (χ4v) is 4.27. The van der Waals surface area contributed by atoms with Crippen molar-refractivity contribution in [1.82, 2.24) is 14.5 Å². The molecule has 4 rings (SSSR count). The fraction of sp³-hybridized carbons (Fsp3) is 0.238. The summed E-state index contributed by atoms with van der Waals surface area (Å²) in [6, 6.07) is 16.2. The number of hydrogen-bond donors (Lipinski definition) is 1. The van der Waals surface area contributed by atoms with Gasteiger partial charge < -0.3 is 9.72 Å². The summed E-state index contributed by atoms with van der Waals surface area (Å²) >= 11 is 1.59. The van der Waals surface area contributed by atoms with Crippen molar-refractivity contribution in [2.24, 2.45) is 0 Å². The summed E-state index contributed by atoms with van der Waals surface area (Å²) in [5, 5.41) is 1.69. The van der Waals surface area contributed by atoms with E-state index >= 15 is 0 Å². The number of hydrogen-bond acceptors (Lipinski definition) is 4. The van der Waals surface area contributed by atoms with E-state index in [-0.39, 0.29) is 5.56 Å². The standard InChI is InChI=1S/C21H21N3O2S/c1-14-7-3-4-8-15(14)13-27-21-23-18-16-9-5-6-10-17(16)22-19(18)20(25)24(21)11-12-26-2/h3-10,22H,11-13H2,1-2H3. The number of aromatic nitrogens is 3. The van der Waals surface area contributed by atoms with E-state index in [0.717, 1.165) is 27.3 Å². The normalized spacial score (nSPS) is 11.5. The molecule has 0 unspecified atom stereocenters. The number of fused-ring (bicyclic) bond motifs is 3. The molecular weight excluding hydrogens is 358 g/mol. The highest BCUT2D eigenvalue weighted by atomic mass is 32.2. The molecule has 138 valence electrons. The number of nitrogens with zero attached hydrogens (tertiary/aromatic N) is 2. The van der Waals surface area contributed by atoms with E-state index in [9.17, 15) is 4.79 Å². The van der Waals surface area contributed by atoms with Gasteiger partial charge in [-0.3, -0.25) is 9.36 Å². The summed E-state index contributed by atoms with van der Waals surface area (Å²) in [5.41, 5.74) is 4.64. The monoisotopic (exact) mass is 379 g/mol. The predicted molar refractivity (Wildman–Crippen MR) is 110 cm³/mol. The van der Waals surface area contributed by atoms with Gasteiger partial charge in [0.15, 0.2) is 5.16 Å². The molecule has 27 heavy (non-hydrogen) atoms. The van der Waals surface area contributed by atoms with Gasteiger partial charge in [0.25, 0.3) is 5.56 Å². The van der Waals surface area contributed by atoms with Crippen molar-refractivity contribution in [3.63, 3.8) is 0 Å². The second kappa shape index (κ2) is 7.58. The minimum atomic E-state index is -0.0551. The Morgan fingerprint density at radius 3 is 2.74 bits per heavy atom. The van der Waals surface area contributed by atoms with E-state index in [1.807, 2.05) is 36.4 Å². The molecule has 0 aliphatic carbocycles. The maximum absolute atomic E-state index is 13.1. The molecule has 0 spiro atoms. The van der Waals surface area contributed by atoms with Crippen LogP contribution in [0.2, 0.25) is 0 Å². The fourth-order valence-electron chi connectivity index (χ4n) is 3.18. The van der Waals surface area contributed by atoms with Crippen LogP contribution < -0.4 is 5.56 Å². The molecule has 0 atom stereocenters. The first-order valence-corrected chi connectivity index (χ1v) is 9.85. The van der Waals surface area contributed by atoms with Gasteiger partial charge in [0.2, 0.25) is 0 Å². The molecule has 0 aliphatic rings. The third kappa shape index (κ3) is 3.38. The highest BCUT2D eigenvalue weighted by Crippen LogP contribution is 2.27. The lowest BCUT2D eigenvalue weighted by atomic mass is 10.1. The highest BCUT2D eigenvalue weighted by molar-refractivity contribution is 7.98. The van der Waals surface area contributed by atoms with Crippen LogP contribution in [0, 0.1) is 6.92 Å². The molecule has 2 aromatic carbocycles. The van der Waals surface area contributed by atoms with Crippen LogP contribution >= 0.6 is 11.8 Å². The Balaban J connectivity index is 1.82. The summed E-state index contributed by atoms with van der Waals surface area (Å²) in [5.74, 6) is 0.764. The van der Waals surface area contributed by atoms with Gasteiger partial charge in [0, 0.05) is 23.8 Å². The van der Waals surface area contributed by atoms with Crippen LogP contribution in [0.1, 0.15) is 11.1 Å². The second-order valence-electron chi connectivity index (χ2n) is 6.45. The zero-order chi connectivity index (χ0) is 18.8. The molecule has 0 saturated carbocycles. The minimum Gasteiger partial charge on any atom is -0.383 e. The van der Waals surface area contributed by atoms with E-state index in [1.54, 1.807) is 23.4 Å². The second-order valence-corrected chi connectivity index (χ2v) is 7.40. The Kier molecular flexibility index (Phi) is 5.01. The summed E-state index contributed by atoms with van der Waals surface area (Å²) in [4.78, 5) is 21.2. The van der Waals surface area contributed by atoms with Crippen molar-refractivity contribution in [2.45, 2.75) is 24.4 Å². The van der Waals surface area contributed by atoms with Crippen LogP contribution in [-0.2, 0) is 17.0 Å². The number of para-hydroxylation sites is 1. The van der Waals surface area contributed by atoms with Gasteiger partial charge in [-0.15, -0.1) is 0 Å². The third-order valence-electron chi connectivity index (χ3n) is 4.71. The number of thioether (sulfide) groups is 1. The lowest BCUT2D eigenvalue weighted by molar-refractivity contribution is 0.183. The van der Waals surface area contributed by atoms with E-state index in [4.69, 9.17) is 9.72 Å². The molecule has 2 heterocycles. The number of rotatable bonds is 6. The number of methoxy groups -OCH3 is 1. The molecule has 0 amide bonds. The first-order chi connectivity index (χ1) is 13.2. The van der Waals surface area contributed by atoms with Crippen LogP contribution in [-0.4, -0.2) is 28.3 Å². The van der Waals surface area contributed by atoms with Crippen molar-refractivity contribution in [2.75, 3.05) is 13.7 Å². The number of benzene rings is 2. The lowest BCUT2D eigenvalue weighted by Gasteiger charge is -2.12. The summed E-state index contributed by atoms with van der Waals surface area (Å²) in [7, 11) is 1.64. The van der Waals surface area contributed by atoms with Gasteiger partial charge in [-0.1, -0.05) is 54.2 Å². The van der Waals surface area contributed by atoms with Crippen molar-refractivity contribution < 1.29 is 4.74 Å². The summed E-state index contributed by atoms with van der Waals surface area (Å²) < 4.78 is 6.91. The molecule has 0 aliphatic heterocycles. The van der Waals surface area contributed by atoms with Crippen LogP contribution in [0.15, 0.2) is 58.5 Å². The van der Waals surface area contributed by atoms with Crippen molar-refractivity contribution in [3.8, 4) is 0 Å². The van der Waals surface area contributed by atoms with Gasteiger partial charge in [-0.25, -0.2) is 4.98 Å². The number of H-pyrrole nitrogens is 1. The SMILES string of the molecule is COCCn1c(SCc2ccccc2C)nc2c([nH]c3ccccc32)c1=O. The molecule has 0 bridgehead atoms. The molecule has 2 aromatic heterocycles. The lowest BCUT2D eigenvalue weighted by Crippen LogP contribution is -2.25. The molecule has 0 radical (unpaired) electrons. The third-order valence-corrected chi connectivity index (χ3v) is 5.74. The van der Waals surface area contributed by atoms with Crippen molar-refractivity contribution >= 4 is 33.7 Å². The van der Waals surface area contributed by atoms with E-state index in [0.29, 0.717) is 18.7 Å². The molecule has 0 fully saturated rings. The largest absolute Gasteiger partial charge is 0.383 e. The van der Waals surface area contributed by atoms with Crippen molar-refractivity contribution in [3.05, 3.63) is 70.0 Å². The Labute approximate surface area is 161 Å². The quantitative estimate of drug-likeness (QED) is 0.404. The first kappa shape index (κ1) is 17.8. The van der Waals surface area contributed by atoms with Crippen molar-refractivity contribution in [1.29, 1.82) is 0 Å². The molecule has 0 saturated heterocycles. The number of aromatic amines is 1. The number of nitrogens with one attached hydrogen (secondary N) is 1. The highest BCUT2D eigenvalue weighted by Gasteiger charge is 2.16. The predicted octanol–water partition coefficient (Wildman–Crippen LogP) is 4.12. The molecular formula is C21H21N3O2S. The maximum atomic E-state index is 13.1. The molecule has 4 aromatic rings. The molecule has 5 nitrogen and oxygen atoms in total. The smallest absolute Gasteiger partial charge is 0.278 e. The average Bonchev–Trinajstić information content (AvgIpc) is 3.06. The van der Waals surface area contributed by atoms with Gasteiger partial charge in [0.1, 0.15) is 11.0 Å².